The molecule has 0 aliphatic heterocycles. The van der Waals surface area contributed by atoms with Crippen molar-refractivity contribution in [1.29, 1.82) is 0 Å². The summed E-state index contributed by atoms with van der Waals surface area (Å²) in [6.45, 7) is 0. The number of aromatic nitrogens is 4. The molecule has 5 heteroatoms. The fraction of sp³-hybridized carbons (Fsp3) is 0. The van der Waals surface area contributed by atoms with E-state index in [1.165, 1.54) is 0 Å². The van der Waals surface area contributed by atoms with Gasteiger partial charge < -0.3 is 10.7 Å². The van der Waals surface area contributed by atoms with E-state index < -0.39 is 0 Å². The lowest BCUT2D eigenvalue weighted by Gasteiger charge is -2.04. The van der Waals surface area contributed by atoms with Gasteiger partial charge in [0, 0.05) is 24.0 Å². The van der Waals surface area contributed by atoms with E-state index >= 15 is 0 Å². The molecule has 1 aromatic carbocycles. The Kier molecular flexibility index (Phi) is 2.49. The zero-order valence-corrected chi connectivity index (χ0v) is 9.54. The molecular weight excluding hydrogens is 226 g/mol. The van der Waals surface area contributed by atoms with Crippen molar-refractivity contribution in [2.75, 3.05) is 5.73 Å². The molecule has 3 aromatic rings. The van der Waals surface area contributed by atoms with Crippen LogP contribution in [0.4, 0.5) is 5.82 Å². The van der Waals surface area contributed by atoms with Gasteiger partial charge in [0.05, 0.1) is 5.69 Å². The largest absolute Gasteiger partial charge is 0.384 e. The van der Waals surface area contributed by atoms with Gasteiger partial charge in [-0.05, 0) is 0 Å². The topological polar surface area (TPSA) is 80.5 Å². The predicted octanol–water partition coefficient (Wildman–Crippen LogP) is 2.12. The highest BCUT2D eigenvalue weighted by molar-refractivity contribution is 5.64. The van der Waals surface area contributed by atoms with Crippen LogP contribution in [-0.2, 0) is 0 Å². The van der Waals surface area contributed by atoms with Crippen molar-refractivity contribution < 1.29 is 0 Å². The van der Waals surface area contributed by atoms with E-state index in [2.05, 4.69) is 19.9 Å². The molecule has 88 valence electrons. The summed E-state index contributed by atoms with van der Waals surface area (Å²) >= 11 is 0. The third-order valence-electron chi connectivity index (χ3n) is 2.53. The van der Waals surface area contributed by atoms with E-state index in [1.54, 1.807) is 18.5 Å². The number of nitrogens with zero attached hydrogens (tertiary/aromatic N) is 3. The number of anilines is 1. The molecule has 0 radical (unpaired) electrons. The lowest BCUT2D eigenvalue weighted by Crippen LogP contribution is -1.98. The molecule has 0 aliphatic rings. The van der Waals surface area contributed by atoms with E-state index in [9.17, 15) is 0 Å². The van der Waals surface area contributed by atoms with Crippen molar-refractivity contribution >= 4 is 5.82 Å². The maximum absolute atomic E-state index is 5.81. The summed E-state index contributed by atoms with van der Waals surface area (Å²) < 4.78 is 0. The van der Waals surface area contributed by atoms with E-state index in [4.69, 9.17) is 5.73 Å². The number of hydrogen-bond donors (Lipinski definition) is 2. The first kappa shape index (κ1) is 10.5. The van der Waals surface area contributed by atoms with Crippen LogP contribution >= 0.6 is 0 Å². The van der Waals surface area contributed by atoms with Gasteiger partial charge in [-0.15, -0.1) is 0 Å². The number of H-pyrrole nitrogens is 1. The van der Waals surface area contributed by atoms with E-state index in [0.717, 1.165) is 11.3 Å². The molecule has 0 unspecified atom stereocenters. The molecule has 0 aliphatic carbocycles. The lowest BCUT2D eigenvalue weighted by atomic mass is 10.1. The highest BCUT2D eigenvalue weighted by atomic mass is 15.0. The number of nitrogens with two attached hydrogens (primary N) is 1. The Morgan fingerprint density at radius 3 is 2.61 bits per heavy atom. The summed E-state index contributed by atoms with van der Waals surface area (Å²) in [5, 5.41) is 0. The number of nitrogens with one attached hydrogen (secondary N) is 1. The SMILES string of the molecule is Nc1cc(-c2ccccc2)nc(-c2ncc[nH]2)n1. The van der Waals surface area contributed by atoms with Gasteiger partial charge in [0.15, 0.2) is 11.6 Å². The Morgan fingerprint density at radius 2 is 1.89 bits per heavy atom. The molecule has 2 aromatic heterocycles. The second-order valence-corrected chi connectivity index (χ2v) is 3.81. The van der Waals surface area contributed by atoms with Crippen LogP contribution in [0.25, 0.3) is 22.9 Å². The number of benzene rings is 1. The average Bonchev–Trinajstić information content (AvgIpc) is 2.93. The quantitative estimate of drug-likeness (QED) is 0.715. The van der Waals surface area contributed by atoms with E-state index in [-0.39, 0.29) is 0 Å². The molecule has 0 fully saturated rings. The highest BCUT2D eigenvalue weighted by Crippen LogP contribution is 2.21. The van der Waals surface area contributed by atoms with Crippen molar-refractivity contribution in [3.8, 4) is 22.9 Å². The maximum Gasteiger partial charge on any atom is 0.198 e. The summed E-state index contributed by atoms with van der Waals surface area (Å²) in [4.78, 5) is 15.7. The monoisotopic (exact) mass is 237 g/mol. The molecule has 5 nitrogen and oxygen atoms in total. The van der Waals surface area contributed by atoms with Gasteiger partial charge in [0.25, 0.3) is 0 Å². The first-order valence-corrected chi connectivity index (χ1v) is 5.52. The van der Waals surface area contributed by atoms with Crippen LogP contribution in [0.15, 0.2) is 48.8 Å². The van der Waals surface area contributed by atoms with E-state index in [1.807, 2.05) is 30.3 Å². The molecule has 3 rings (SSSR count). The minimum absolute atomic E-state index is 0.426. The third kappa shape index (κ3) is 1.93. The van der Waals surface area contributed by atoms with Crippen LogP contribution < -0.4 is 5.73 Å². The summed E-state index contributed by atoms with van der Waals surface area (Å²) in [7, 11) is 0. The van der Waals surface area contributed by atoms with Gasteiger partial charge in [-0.2, -0.15) is 0 Å². The van der Waals surface area contributed by atoms with Crippen LogP contribution in [-0.4, -0.2) is 19.9 Å². The minimum Gasteiger partial charge on any atom is -0.384 e. The number of nitrogen functional groups attached to an aromatic ring is 1. The van der Waals surface area contributed by atoms with Crippen molar-refractivity contribution in [3.63, 3.8) is 0 Å². The lowest BCUT2D eigenvalue weighted by molar-refractivity contribution is 1.13. The Balaban J connectivity index is 2.12. The maximum atomic E-state index is 5.81. The molecular formula is C13H11N5. The van der Waals surface area contributed by atoms with Gasteiger partial charge in [0.2, 0.25) is 0 Å². The number of rotatable bonds is 2. The molecule has 0 saturated carbocycles. The van der Waals surface area contributed by atoms with Crippen LogP contribution in [0, 0.1) is 0 Å². The third-order valence-corrected chi connectivity index (χ3v) is 2.53. The normalized spacial score (nSPS) is 10.4. The predicted molar refractivity (Wildman–Crippen MR) is 69.5 cm³/mol. The molecule has 0 amide bonds. The van der Waals surface area contributed by atoms with Gasteiger partial charge in [-0.1, -0.05) is 30.3 Å². The standard InChI is InChI=1S/C13H11N5/c14-11-8-10(9-4-2-1-3-5-9)17-13(18-11)12-15-6-7-16-12/h1-8H,(H,15,16)(H2,14,17,18). The van der Waals surface area contributed by atoms with Gasteiger partial charge in [0.1, 0.15) is 5.82 Å². The van der Waals surface area contributed by atoms with Crippen LogP contribution in [0.5, 0.6) is 0 Å². The first-order valence-electron chi connectivity index (χ1n) is 5.52. The van der Waals surface area contributed by atoms with Crippen molar-refractivity contribution in [2.45, 2.75) is 0 Å². The molecule has 3 N–H and O–H groups in total. The Morgan fingerprint density at radius 1 is 1.06 bits per heavy atom. The van der Waals surface area contributed by atoms with Crippen LogP contribution in [0.1, 0.15) is 0 Å². The summed E-state index contributed by atoms with van der Waals surface area (Å²) in [5.41, 5.74) is 7.60. The summed E-state index contributed by atoms with van der Waals surface area (Å²) in [5.74, 6) is 1.54. The zero-order valence-electron chi connectivity index (χ0n) is 9.54. The zero-order chi connectivity index (χ0) is 12.4. The average molecular weight is 237 g/mol. The second kappa shape index (κ2) is 4.29. The number of hydrogen-bond acceptors (Lipinski definition) is 4. The Hall–Kier alpha value is -2.69. The van der Waals surface area contributed by atoms with Crippen molar-refractivity contribution in [1.82, 2.24) is 19.9 Å². The van der Waals surface area contributed by atoms with Gasteiger partial charge >= 0.3 is 0 Å². The smallest absolute Gasteiger partial charge is 0.198 e. The molecule has 2 heterocycles. The molecule has 18 heavy (non-hydrogen) atoms. The number of aromatic amines is 1. The highest BCUT2D eigenvalue weighted by Gasteiger charge is 2.08. The molecule has 0 saturated heterocycles. The van der Waals surface area contributed by atoms with Crippen molar-refractivity contribution in [2.24, 2.45) is 0 Å². The fourth-order valence-corrected chi connectivity index (χ4v) is 1.72. The summed E-state index contributed by atoms with van der Waals surface area (Å²) in [6, 6.07) is 11.6. The van der Waals surface area contributed by atoms with Crippen LogP contribution in [0.3, 0.4) is 0 Å². The van der Waals surface area contributed by atoms with Crippen molar-refractivity contribution in [3.05, 3.63) is 48.8 Å². The number of imidazole rings is 1. The molecule has 0 atom stereocenters. The van der Waals surface area contributed by atoms with Crippen LogP contribution in [0.2, 0.25) is 0 Å². The first-order chi connectivity index (χ1) is 8.83. The Bertz CT molecular complexity index is 646. The Labute approximate surface area is 104 Å². The van der Waals surface area contributed by atoms with E-state index in [0.29, 0.717) is 17.5 Å². The van der Waals surface area contributed by atoms with Gasteiger partial charge in [-0.25, -0.2) is 15.0 Å². The molecule has 0 spiro atoms. The fourth-order valence-electron chi connectivity index (χ4n) is 1.72. The second-order valence-electron chi connectivity index (χ2n) is 3.81. The summed E-state index contributed by atoms with van der Waals surface area (Å²) in [6.07, 6.45) is 3.38. The van der Waals surface area contributed by atoms with Gasteiger partial charge in [-0.3, -0.25) is 0 Å². The molecule has 0 bridgehead atoms. The minimum atomic E-state index is 0.426.